The predicted molar refractivity (Wildman–Crippen MR) is 74.9 cm³/mol. The summed E-state index contributed by atoms with van der Waals surface area (Å²) in [4.78, 5) is 4.61. The van der Waals surface area contributed by atoms with E-state index in [1.165, 1.54) is 6.07 Å². The summed E-state index contributed by atoms with van der Waals surface area (Å²) in [6.45, 7) is 6.28. The summed E-state index contributed by atoms with van der Waals surface area (Å²) < 4.78 is 16.1. The second-order valence-corrected chi connectivity index (χ2v) is 5.58. The largest absolute Gasteiger partial charge is 0.325 e. The smallest absolute Gasteiger partial charge is 0.151 e. The van der Waals surface area contributed by atoms with Gasteiger partial charge in [-0.3, -0.25) is 0 Å². The van der Waals surface area contributed by atoms with E-state index in [0.717, 1.165) is 37.3 Å². The molecule has 3 nitrogen and oxygen atoms in total. The molecule has 1 aromatic heterocycles. The summed E-state index contributed by atoms with van der Waals surface area (Å²) in [5, 5.41) is 3.41. The van der Waals surface area contributed by atoms with Crippen LogP contribution in [0.25, 0.3) is 11.0 Å². The highest BCUT2D eigenvalue weighted by Crippen LogP contribution is 2.30. The van der Waals surface area contributed by atoms with Crippen LogP contribution in [-0.4, -0.2) is 22.6 Å². The minimum Gasteiger partial charge on any atom is -0.325 e. The van der Waals surface area contributed by atoms with E-state index in [2.05, 4.69) is 28.7 Å². The molecule has 0 radical (unpaired) electrons. The first-order valence-corrected chi connectivity index (χ1v) is 7.05. The molecule has 1 aliphatic rings. The number of benzene rings is 1. The zero-order valence-corrected chi connectivity index (χ0v) is 11.5. The molecule has 0 bridgehead atoms. The van der Waals surface area contributed by atoms with Crippen LogP contribution in [0.3, 0.4) is 0 Å². The Morgan fingerprint density at radius 2 is 2.26 bits per heavy atom. The van der Waals surface area contributed by atoms with Crippen molar-refractivity contribution in [1.29, 1.82) is 0 Å². The lowest BCUT2D eigenvalue weighted by atomic mass is 9.98. The number of fused-ring (bicyclic) bond motifs is 1. The van der Waals surface area contributed by atoms with Crippen molar-refractivity contribution in [2.45, 2.75) is 38.6 Å². The lowest BCUT2D eigenvalue weighted by Gasteiger charge is -2.24. The Bertz CT molecular complexity index is 582. The molecular weight excluding hydrogens is 241 g/mol. The van der Waals surface area contributed by atoms with Crippen LogP contribution in [0.15, 0.2) is 18.2 Å². The Labute approximate surface area is 112 Å². The van der Waals surface area contributed by atoms with Gasteiger partial charge < -0.3 is 9.88 Å². The number of para-hydroxylation sites is 1. The summed E-state index contributed by atoms with van der Waals surface area (Å²) in [5.41, 5.74) is 1.42. The summed E-state index contributed by atoms with van der Waals surface area (Å²) in [6, 6.07) is 5.51. The molecule has 1 N–H and O–H groups in total. The topological polar surface area (TPSA) is 29.9 Å². The van der Waals surface area contributed by atoms with E-state index in [1.54, 1.807) is 6.07 Å². The van der Waals surface area contributed by atoms with E-state index in [0.29, 0.717) is 17.5 Å². The van der Waals surface area contributed by atoms with Gasteiger partial charge in [0.1, 0.15) is 11.3 Å². The van der Waals surface area contributed by atoms with Gasteiger partial charge in [0.05, 0.1) is 5.52 Å². The molecule has 1 fully saturated rings. The van der Waals surface area contributed by atoms with Crippen molar-refractivity contribution in [3.63, 3.8) is 0 Å². The van der Waals surface area contributed by atoms with Gasteiger partial charge in [-0.15, -0.1) is 0 Å². The van der Waals surface area contributed by atoms with Crippen molar-refractivity contribution in [2.24, 2.45) is 0 Å². The highest BCUT2D eigenvalue weighted by molar-refractivity contribution is 5.77. The number of hydrogen-bond donors (Lipinski definition) is 1. The molecule has 1 atom stereocenters. The second kappa shape index (κ2) is 4.93. The average Bonchev–Trinajstić information content (AvgIpc) is 2.81. The van der Waals surface area contributed by atoms with Crippen LogP contribution in [0.5, 0.6) is 0 Å². The van der Waals surface area contributed by atoms with Crippen molar-refractivity contribution in [3.8, 4) is 0 Å². The maximum absolute atomic E-state index is 13.9. The van der Waals surface area contributed by atoms with Gasteiger partial charge in [0.15, 0.2) is 5.82 Å². The summed E-state index contributed by atoms with van der Waals surface area (Å²) in [5.74, 6) is 1.20. The van der Waals surface area contributed by atoms with E-state index >= 15 is 0 Å². The van der Waals surface area contributed by atoms with Crippen LogP contribution in [0, 0.1) is 5.82 Å². The normalized spacial score (nSPS) is 20.3. The first-order chi connectivity index (χ1) is 9.18. The van der Waals surface area contributed by atoms with Crippen LogP contribution in [-0.2, 0) is 0 Å². The summed E-state index contributed by atoms with van der Waals surface area (Å²) in [7, 11) is 0. The Balaban J connectivity index is 2.17. The molecule has 1 saturated heterocycles. The van der Waals surface area contributed by atoms with E-state index < -0.39 is 0 Å². The van der Waals surface area contributed by atoms with E-state index in [4.69, 9.17) is 0 Å². The molecule has 0 saturated carbocycles. The molecule has 3 rings (SSSR count). The molecule has 1 aliphatic heterocycles. The van der Waals surface area contributed by atoms with Crippen LogP contribution in [0.2, 0.25) is 0 Å². The van der Waals surface area contributed by atoms with Gasteiger partial charge in [0, 0.05) is 18.5 Å². The van der Waals surface area contributed by atoms with Crippen LogP contribution in [0.1, 0.15) is 44.5 Å². The SMILES string of the molecule is CC(C)n1c(C2CCCNC2)nc2c(F)cccc21. The van der Waals surface area contributed by atoms with Gasteiger partial charge in [0.2, 0.25) is 0 Å². The molecule has 4 heteroatoms. The van der Waals surface area contributed by atoms with E-state index in [1.807, 2.05) is 6.07 Å². The first kappa shape index (κ1) is 12.6. The zero-order chi connectivity index (χ0) is 13.4. The molecule has 2 heterocycles. The van der Waals surface area contributed by atoms with Crippen molar-refractivity contribution in [3.05, 3.63) is 29.8 Å². The molecule has 0 spiro atoms. The first-order valence-electron chi connectivity index (χ1n) is 7.05. The molecule has 1 unspecified atom stereocenters. The molecule has 19 heavy (non-hydrogen) atoms. The van der Waals surface area contributed by atoms with Crippen LogP contribution < -0.4 is 5.32 Å². The molecule has 0 aliphatic carbocycles. The number of rotatable bonds is 2. The van der Waals surface area contributed by atoms with E-state index in [-0.39, 0.29) is 5.82 Å². The van der Waals surface area contributed by atoms with Crippen LogP contribution >= 0.6 is 0 Å². The number of aromatic nitrogens is 2. The average molecular weight is 261 g/mol. The predicted octanol–water partition coefficient (Wildman–Crippen LogP) is 3.22. The lowest BCUT2D eigenvalue weighted by molar-refractivity contribution is 0.425. The minimum absolute atomic E-state index is 0.220. The van der Waals surface area contributed by atoms with Gasteiger partial charge in [-0.05, 0) is 45.4 Å². The van der Waals surface area contributed by atoms with Crippen molar-refractivity contribution >= 4 is 11.0 Å². The monoisotopic (exact) mass is 261 g/mol. The van der Waals surface area contributed by atoms with Gasteiger partial charge in [-0.2, -0.15) is 0 Å². The Morgan fingerprint density at radius 3 is 2.95 bits per heavy atom. The van der Waals surface area contributed by atoms with Gasteiger partial charge in [0.25, 0.3) is 0 Å². The number of piperidine rings is 1. The Hall–Kier alpha value is -1.42. The van der Waals surface area contributed by atoms with Crippen molar-refractivity contribution in [2.75, 3.05) is 13.1 Å². The number of hydrogen-bond acceptors (Lipinski definition) is 2. The Morgan fingerprint density at radius 1 is 1.42 bits per heavy atom. The maximum atomic E-state index is 13.9. The third kappa shape index (κ3) is 2.14. The lowest BCUT2D eigenvalue weighted by Crippen LogP contribution is -2.30. The summed E-state index contributed by atoms with van der Waals surface area (Å²) in [6.07, 6.45) is 2.29. The molecule has 0 amide bonds. The number of imidazole rings is 1. The second-order valence-electron chi connectivity index (χ2n) is 5.58. The number of nitrogens with zero attached hydrogens (tertiary/aromatic N) is 2. The van der Waals surface area contributed by atoms with Crippen LogP contribution in [0.4, 0.5) is 4.39 Å². The fourth-order valence-electron chi connectivity index (χ4n) is 3.00. The third-order valence-corrected chi connectivity index (χ3v) is 3.88. The van der Waals surface area contributed by atoms with Gasteiger partial charge in [-0.1, -0.05) is 6.07 Å². The molecule has 102 valence electrons. The highest BCUT2D eigenvalue weighted by Gasteiger charge is 2.24. The van der Waals surface area contributed by atoms with E-state index in [9.17, 15) is 4.39 Å². The molecular formula is C15H20FN3. The van der Waals surface area contributed by atoms with Crippen molar-refractivity contribution in [1.82, 2.24) is 14.9 Å². The quantitative estimate of drug-likeness (QED) is 0.899. The molecule has 2 aromatic rings. The van der Waals surface area contributed by atoms with Gasteiger partial charge >= 0.3 is 0 Å². The van der Waals surface area contributed by atoms with Gasteiger partial charge in [-0.25, -0.2) is 9.37 Å². The summed E-state index contributed by atoms with van der Waals surface area (Å²) >= 11 is 0. The zero-order valence-electron chi connectivity index (χ0n) is 11.5. The minimum atomic E-state index is -0.220. The maximum Gasteiger partial charge on any atom is 0.151 e. The van der Waals surface area contributed by atoms with Crippen molar-refractivity contribution < 1.29 is 4.39 Å². The number of halogens is 1. The third-order valence-electron chi connectivity index (χ3n) is 3.88. The fourth-order valence-corrected chi connectivity index (χ4v) is 3.00. The Kier molecular flexibility index (Phi) is 3.27. The standard InChI is InChI=1S/C15H20FN3/c1-10(2)19-13-7-3-6-12(16)14(13)18-15(19)11-5-4-8-17-9-11/h3,6-7,10-11,17H,4-5,8-9H2,1-2H3. The number of nitrogens with one attached hydrogen (secondary N) is 1. The molecule has 1 aromatic carbocycles. The fraction of sp³-hybridized carbons (Fsp3) is 0.533. The highest BCUT2D eigenvalue weighted by atomic mass is 19.1.